The van der Waals surface area contributed by atoms with Crippen molar-refractivity contribution in [1.82, 2.24) is 0 Å². The van der Waals surface area contributed by atoms with Crippen LogP contribution in [0.5, 0.6) is 5.75 Å². The van der Waals surface area contributed by atoms with Gasteiger partial charge in [-0.25, -0.2) is 4.39 Å². The van der Waals surface area contributed by atoms with Gasteiger partial charge in [0.1, 0.15) is 11.6 Å². The van der Waals surface area contributed by atoms with E-state index < -0.39 is 5.82 Å². The molecule has 0 aromatic heterocycles. The Morgan fingerprint density at radius 1 is 1.28 bits per heavy atom. The van der Waals surface area contributed by atoms with Crippen LogP contribution in [0.25, 0.3) is 17.2 Å². The highest BCUT2D eigenvalue weighted by atomic mass is 19.1. The van der Waals surface area contributed by atoms with E-state index in [-0.39, 0.29) is 5.75 Å². The van der Waals surface area contributed by atoms with Crippen molar-refractivity contribution < 1.29 is 9.50 Å². The zero-order valence-corrected chi connectivity index (χ0v) is 9.52. The maximum absolute atomic E-state index is 13.2. The SMILES string of the molecule is C=Cc1cc(C#N)cc(-c2cccc(F)c2)c1O. The highest BCUT2D eigenvalue weighted by molar-refractivity contribution is 5.77. The van der Waals surface area contributed by atoms with E-state index in [9.17, 15) is 9.50 Å². The van der Waals surface area contributed by atoms with Crippen LogP contribution in [0, 0.1) is 17.1 Å². The molecule has 3 heteroatoms. The molecule has 88 valence electrons. The molecule has 2 rings (SSSR count). The largest absolute Gasteiger partial charge is 0.507 e. The zero-order valence-electron chi connectivity index (χ0n) is 9.52. The van der Waals surface area contributed by atoms with Crippen molar-refractivity contribution in [3.8, 4) is 22.9 Å². The summed E-state index contributed by atoms with van der Waals surface area (Å²) < 4.78 is 13.2. The number of phenols is 1. The number of halogens is 1. The molecule has 18 heavy (non-hydrogen) atoms. The topological polar surface area (TPSA) is 44.0 Å². The molecule has 2 nitrogen and oxygen atoms in total. The Bertz CT molecular complexity index is 656. The third-order valence-electron chi connectivity index (χ3n) is 2.62. The van der Waals surface area contributed by atoms with Crippen LogP contribution >= 0.6 is 0 Å². The summed E-state index contributed by atoms with van der Waals surface area (Å²) >= 11 is 0. The number of phenolic OH excluding ortho intramolecular Hbond substituents is 1. The molecule has 1 N–H and O–H groups in total. The fourth-order valence-electron chi connectivity index (χ4n) is 1.75. The molecule has 0 amide bonds. The van der Waals surface area contributed by atoms with E-state index in [2.05, 4.69) is 6.58 Å². The average Bonchev–Trinajstić information content (AvgIpc) is 2.39. The first kappa shape index (κ1) is 11.9. The van der Waals surface area contributed by atoms with Crippen LogP contribution in [-0.4, -0.2) is 5.11 Å². The molecule has 0 saturated carbocycles. The number of nitriles is 1. The zero-order chi connectivity index (χ0) is 13.1. The van der Waals surface area contributed by atoms with Gasteiger partial charge in [-0.2, -0.15) is 5.26 Å². The van der Waals surface area contributed by atoms with Gasteiger partial charge >= 0.3 is 0 Å². The van der Waals surface area contributed by atoms with Gasteiger partial charge < -0.3 is 5.11 Å². The molecule has 0 spiro atoms. The van der Waals surface area contributed by atoms with Crippen LogP contribution in [0.15, 0.2) is 43.0 Å². The lowest BCUT2D eigenvalue weighted by Crippen LogP contribution is -1.87. The number of hydrogen-bond donors (Lipinski definition) is 1. The smallest absolute Gasteiger partial charge is 0.130 e. The highest BCUT2D eigenvalue weighted by Crippen LogP contribution is 2.34. The minimum absolute atomic E-state index is 0.00500. The monoisotopic (exact) mass is 239 g/mol. The Hall–Kier alpha value is -2.60. The summed E-state index contributed by atoms with van der Waals surface area (Å²) in [5.41, 5.74) is 1.78. The Kier molecular flexibility index (Phi) is 3.11. The van der Waals surface area contributed by atoms with Crippen molar-refractivity contribution in [1.29, 1.82) is 5.26 Å². The van der Waals surface area contributed by atoms with Crippen LogP contribution in [0.3, 0.4) is 0 Å². The summed E-state index contributed by atoms with van der Waals surface area (Å²) in [7, 11) is 0. The lowest BCUT2D eigenvalue weighted by atomic mass is 9.98. The summed E-state index contributed by atoms with van der Waals surface area (Å²) in [6.45, 7) is 3.58. The van der Waals surface area contributed by atoms with Crippen LogP contribution in [0.4, 0.5) is 4.39 Å². The van der Waals surface area contributed by atoms with Crippen molar-refractivity contribution in [2.24, 2.45) is 0 Å². The molecule has 0 saturated heterocycles. The highest BCUT2D eigenvalue weighted by Gasteiger charge is 2.10. The van der Waals surface area contributed by atoms with Crippen molar-refractivity contribution in [2.45, 2.75) is 0 Å². The standard InChI is InChI=1S/C15H10FNO/c1-2-11-6-10(9-17)7-14(15(11)18)12-4-3-5-13(16)8-12/h2-8,18H,1H2. The fraction of sp³-hybridized carbons (Fsp3) is 0. The summed E-state index contributed by atoms with van der Waals surface area (Å²) in [5.74, 6) is -0.399. The first-order chi connectivity index (χ1) is 8.65. The van der Waals surface area contributed by atoms with Gasteiger partial charge in [0.15, 0.2) is 0 Å². The molecule has 0 heterocycles. The van der Waals surface area contributed by atoms with E-state index in [4.69, 9.17) is 5.26 Å². The van der Waals surface area contributed by atoms with Crippen LogP contribution < -0.4 is 0 Å². The van der Waals surface area contributed by atoms with Crippen molar-refractivity contribution in [3.63, 3.8) is 0 Å². The Labute approximate surface area is 104 Å². The maximum atomic E-state index is 13.2. The Morgan fingerprint density at radius 2 is 2.06 bits per heavy atom. The first-order valence-corrected chi connectivity index (χ1v) is 5.31. The second-order valence-electron chi connectivity index (χ2n) is 3.79. The maximum Gasteiger partial charge on any atom is 0.130 e. The van der Waals surface area contributed by atoms with Crippen molar-refractivity contribution in [3.05, 3.63) is 59.9 Å². The van der Waals surface area contributed by atoms with E-state index in [0.717, 1.165) is 0 Å². The van der Waals surface area contributed by atoms with Gasteiger partial charge in [0, 0.05) is 11.1 Å². The van der Waals surface area contributed by atoms with Crippen LogP contribution in [-0.2, 0) is 0 Å². The second-order valence-corrected chi connectivity index (χ2v) is 3.79. The van der Waals surface area contributed by atoms with E-state index >= 15 is 0 Å². The molecule has 0 radical (unpaired) electrons. The number of nitrogens with zero attached hydrogens (tertiary/aromatic N) is 1. The molecule has 0 unspecified atom stereocenters. The summed E-state index contributed by atoms with van der Waals surface area (Å²) in [6.07, 6.45) is 1.46. The molecule has 2 aromatic carbocycles. The molecule has 0 aliphatic carbocycles. The van der Waals surface area contributed by atoms with Gasteiger partial charge in [0.25, 0.3) is 0 Å². The van der Waals surface area contributed by atoms with Gasteiger partial charge in [-0.3, -0.25) is 0 Å². The van der Waals surface area contributed by atoms with Gasteiger partial charge in [-0.15, -0.1) is 0 Å². The molecular formula is C15H10FNO. The number of benzene rings is 2. The minimum Gasteiger partial charge on any atom is -0.507 e. The number of rotatable bonds is 2. The molecule has 0 aliphatic heterocycles. The first-order valence-electron chi connectivity index (χ1n) is 5.31. The number of aromatic hydroxyl groups is 1. The Morgan fingerprint density at radius 3 is 2.67 bits per heavy atom. The molecule has 0 bridgehead atoms. The average molecular weight is 239 g/mol. The van der Waals surface area contributed by atoms with Crippen LogP contribution in [0.2, 0.25) is 0 Å². The van der Waals surface area contributed by atoms with Crippen molar-refractivity contribution in [2.75, 3.05) is 0 Å². The summed E-state index contributed by atoms with van der Waals surface area (Å²) in [5, 5.41) is 19.0. The minimum atomic E-state index is -0.394. The molecule has 0 atom stereocenters. The van der Waals surface area contributed by atoms with Gasteiger partial charge in [0.05, 0.1) is 11.6 Å². The molecule has 2 aromatic rings. The summed E-state index contributed by atoms with van der Waals surface area (Å²) in [6, 6.07) is 10.9. The molecular weight excluding hydrogens is 229 g/mol. The van der Waals surface area contributed by atoms with Gasteiger partial charge in [-0.05, 0) is 29.8 Å². The number of hydrogen-bond acceptors (Lipinski definition) is 2. The Balaban J connectivity index is 2.71. The second kappa shape index (κ2) is 4.72. The molecule has 0 fully saturated rings. The van der Waals surface area contributed by atoms with Gasteiger partial charge in [0.2, 0.25) is 0 Å². The van der Waals surface area contributed by atoms with E-state index in [1.54, 1.807) is 12.1 Å². The van der Waals surface area contributed by atoms with Gasteiger partial charge in [-0.1, -0.05) is 24.8 Å². The van der Waals surface area contributed by atoms with E-state index in [0.29, 0.717) is 22.3 Å². The quantitative estimate of drug-likeness (QED) is 0.868. The van der Waals surface area contributed by atoms with E-state index in [1.807, 2.05) is 6.07 Å². The summed E-state index contributed by atoms with van der Waals surface area (Å²) in [4.78, 5) is 0. The normalized spacial score (nSPS) is 9.78. The van der Waals surface area contributed by atoms with Crippen molar-refractivity contribution >= 4 is 6.08 Å². The third kappa shape index (κ3) is 2.09. The predicted octanol–water partition coefficient (Wildman–Crippen LogP) is 3.71. The lowest BCUT2D eigenvalue weighted by molar-refractivity contribution is 0.476. The van der Waals surface area contributed by atoms with Crippen LogP contribution in [0.1, 0.15) is 11.1 Å². The third-order valence-corrected chi connectivity index (χ3v) is 2.62. The lowest BCUT2D eigenvalue weighted by Gasteiger charge is -2.08. The fourth-order valence-corrected chi connectivity index (χ4v) is 1.75. The molecule has 0 aliphatic rings. The predicted molar refractivity (Wildman–Crippen MR) is 68.3 cm³/mol. The van der Waals surface area contributed by atoms with E-state index in [1.165, 1.54) is 30.3 Å².